The van der Waals surface area contributed by atoms with Crippen LogP contribution in [0.1, 0.15) is 17.4 Å². The second-order valence-electron chi connectivity index (χ2n) is 3.66. The van der Waals surface area contributed by atoms with Crippen LogP contribution < -0.4 is 0 Å². The van der Waals surface area contributed by atoms with E-state index in [0.29, 0.717) is 6.54 Å². The molecule has 0 spiro atoms. The summed E-state index contributed by atoms with van der Waals surface area (Å²) < 4.78 is 27.6. The van der Waals surface area contributed by atoms with E-state index in [1.165, 1.54) is 16.8 Å². The maximum Gasteiger partial charge on any atom is 0.354 e. The molecule has 1 aromatic heterocycles. The third-order valence-electron chi connectivity index (χ3n) is 2.51. The summed E-state index contributed by atoms with van der Waals surface area (Å²) in [6.45, 7) is 2.08. The molecule has 0 radical (unpaired) electrons. The lowest BCUT2D eigenvalue weighted by Gasteiger charge is -1.99. The zero-order chi connectivity index (χ0) is 13.3. The van der Waals surface area contributed by atoms with Crippen molar-refractivity contribution >= 4 is 5.97 Å². The number of aromatic carboxylic acids is 1. The predicted octanol–water partition coefficient (Wildman–Crippen LogP) is 2.55. The molecule has 94 valence electrons. The second-order valence-corrected chi connectivity index (χ2v) is 3.66. The van der Waals surface area contributed by atoms with Crippen LogP contribution in [0.25, 0.3) is 11.3 Å². The first kappa shape index (κ1) is 12.2. The molecule has 0 atom stereocenters. The van der Waals surface area contributed by atoms with Crippen LogP contribution in [0.15, 0.2) is 24.3 Å². The minimum atomic E-state index is -1.14. The van der Waals surface area contributed by atoms with Crippen molar-refractivity contribution in [1.29, 1.82) is 0 Å². The summed E-state index contributed by atoms with van der Waals surface area (Å²) in [7, 11) is 0. The second kappa shape index (κ2) is 4.56. The van der Waals surface area contributed by atoms with Crippen molar-refractivity contribution in [2.45, 2.75) is 13.5 Å². The lowest BCUT2D eigenvalue weighted by atomic mass is 10.1. The Morgan fingerprint density at radius 1 is 1.39 bits per heavy atom. The van der Waals surface area contributed by atoms with Crippen LogP contribution in [0.3, 0.4) is 0 Å². The molecule has 0 saturated carbocycles. The third-order valence-corrected chi connectivity index (χ3v) is 2.51. The molecule has 0 amide bonds. The predicted molar refractivity (Wildman–Crippen MR) is 60.2 cm³/mol. The number of hydrogen-bond acceptors (Lipinski definition) is 2. The van der Waals surface area contributed by atoms with Gasteiger partial charge in [0, 0.05) is 18.2 Å². The Kier molecular flexibility index (Phi) is 3.10. The van der Waals surface area contributed by atoms with E-state index >= 15 is 0 Å². The number of rotatable bonds is 3. The fourth-order valence-corrected chi connectivity index (χ4v) is 1.66. The topological polar surface area (TPSA) is 55.1 Å². The highest BCUT2D eigenvalue weighted by Crippen LogP contribution is 2.23. The van der Waals surface area contributed by atoms with Gasteiger partial charge < -0.3 is 5.11 Å². The summed E-state index contributed by atoms with van der Waals surface area (Å²) in [5, 5.41) is 12.9. The van der Waals surface area contributed by atoms with Gasteiger partial charge in [-0.1, -0.05) is 0 Å². The standard InChI is InChI=1S/C12H10F2N2O2/c1-2-16-11(12(17)18)6-10(15-16)8-4-3-7(13)5-9(8)14/h3-6H,2H2,1H3,(H,17,18). The molecule has 0 fully saturated rings. The molecular weight excluding hydrogens is 242 g/mol. The van der Waals surface area contributed by atoms with Gasteiger partial charge in [0.25, 0.3) is 0 Å². The number of benzene rings is 1. The summed E-state index contributed by atoms with van der Waals surface area (Å²) in [6, 6.07) is 4.34. The van der Waals surface area contributed by atoms with Crippen LogP contribution in [-0.2, 0) is 6.54 Å². The van der Waals surface area contributed by atoms with Crippen molar-refractivity contribution in [3.05, 3.63) is 41.6 Å². The van der Waals surface area contributed by atoms with Crippen molar-refractivity contribution in [3.8, 4) is 11.3 Å². The van der Waals surface area contributed by atoms with E-state index in [-0.39, 0.29) is 17.0 Å². The normalized spacial score (nSPS) is 10.6. The van der Waals surface area contributed by atoms with E-state index in [1.54, 1.807) is 6.92 Å². The Hall–Kier alpha value is -2.24. The largest absolute Gasteiger partial charge is 0.477 e. The molecule has 1 N–H and O–H groups in total. The quantitative estimate of drug-likeness (QED) is 0.913. The first-order valence-corrected chi connectivity index (χ1v) is 5.29. The van der Waals surface area contributed by atoms with Crippen molar-refractivity contribution < 1.29 is 18.7 Å². The highest BCUT2D eigenvalue weighted by atomic mass is 19.1. The van der Waals surface area contributed by atoms with E-state index in [0.717, 1.165) is 12.1 Å². The Labute approximate surface area is 101 Å². The number of carboxylic acids is 1. The number of carboxylic acid groups (broad SMARTS) is 1. The van der Waals surface area contributed by atoms with Crippen LogP contribution >= 0.6 is 0 Å². The van der Waals surface area contributed by atoms with Crippen LogP contribution in [0.2, 0.25) is 0 Å². The fourth-order valence-electron chi connectivity index (χ4n) is 1.66. The molecular formula is C12H10F2N2O2. The van der Waals surface area contributed by atoms with Crippen molar-refractivity contribution in [2.24, 2.45) is 0 Å². The zero-order valence-electron chi connectivity index (χ0n) is 9.52. The first-order chi connectivity index (χ1) is 8.52. The number of aromatic nitrogens is 2. The SMILES string of the molecule is CCn1nc(-c2ccc(F)cc2F)cc1C(=O)O. The minimum absolute atomic E-state index is 0.0313. The molecule has 1 aromatic carbocycles. The van der Waals surface area contributed by atoms with Gasteiger partial charge in [-0.3, -0.25) is 4.68 Å². The van der Waals surface area contributed by atoms with E-state index < -0.39 is 17.6 Å². The molecule has 6 heteroatoms. The zero-order valence-corrected chi connectivity index (χ0v) is 9.52. The monoisotopic (exact) mass is 252 g/mol. The van der Waals surface area contributed by atoms with Gasteiger partial charge in [0.1, 0.15) is 17.3 Å². The summed E-state index contributed by atoms with van der Waals surface area (Å²) >= 11 is 0. The van der Waals surface area contributed by atoms with Crippen molar-refractivity contribution in [3.63, 3.8) is 0 Å². The summed E-state index contributed by atoms with van der Waals surface area (Å²) in [5.74, 6) is -2.60. The molecule has 1 heterocycles. The van der Waals surface area contributed by atoms with E-state index in [1.807, 2.05) is 0 Å². The van der Waals surface area contributed by atoms with Gasteiger partial charge in [-0.25, -0.2) is 13.6 Å². The Balaban J connectivity index is 2.54. The highest BCUT2D eigenvalue weighted by molar-refractivity contribution is 5.87. The lowest BCUT2D eigenvalue weighted by molar-refractivity contribution is 0.0683. The smallest absolute Gasteiger partial charge is 0.354 e. The maximum absolute atomic E-state index is 13.5. The van der Waals surface area contributed by atoms with Crippen molar-refractivity contribution in [1.82, 2.24) is 9.78 Å². The summed E-state index contributed by atoms with van der Waals surface area (Å²) in [5.41, 5.74) is 0.217. The number of nitrogens with zero attached hydrogens (tertiary/aromatic N) is 2. The van der Waals surface area contributed by atoms with Crippen LogP contribution in [0.5, 0.6) is 0 Å². The molecule has 0 aliphatic rings. The average molecular weight is 252 g/mol. The minimum Gasteiger partial charge on any atom is -0.477 e. The Bertz CT molecular complexity index is 608. The number of halogens is 2. The van der Waals surface area contributed by atoms with Crippen LogP contribution in [0, 0.1) is 11.6 Å². The van der Waals surface area contributed by atoms with E-state index in [9.17, 15) is 13.6 Å². The molecule has 2 aromatic rings. The highest BCUT2D eigenvalue weighted by Gasteiger charge is 2.16. The number of aryl methyl sites for hydroxylation is 1. The van der Waals surface area contributed by atoms with Crippen molar-refractivity contribution in [2.75, 3.05) is 0 Å². The molecule has 0 unspecified atom stereocenters. The van der Waals surface area contributed by atoms with Crippen LogP contribution in [-0.4, -0.2) is 20.9 Å². The van der Waals surface area contributed by atoms with E-state index in [4.69, 9.17) is 5.11 Å². The first-order valence-electron chi connectivity index (χ1n) is 5.29. The summed E-state index contributed by atoms with van der Waals surface area (Å²) in [6.07, 6.45) is 0. The van der Waals surface area contributed by atoms with Gasteiger partial charge in [-0.15, -0.1) is 0 Å². The Morgan fingerprint density at radius 2 is 2.11 bits per heavy atom. The van der Waals surface area contributed by atoms with Gasteiger partial charge in [0.15, 0.2) is 0 Å². The van der Waals surface area contributed by atoms with Gasteiger partial charge in [0.2, 0.25) is 0 Å². The maximum atomic E-state index is 13.5. The molecule has 0 aliphatic carbocycles. The van der Waals surface area contributed by atoms with Gasteiger partial charge in [0.05, 0.1) is 5.69 Å². The molecule has 18 heavy (non-hydrogen) atoms. The molecule has 0 aliphatic heterocycles. The average Bonchev–Trinajstić information content (AvgIpc) is 2.73. The molecule has 0 bridgehead atoms. The molecule has 0 saturated heterocycles. The molecule has 4 nitrogen and oxygen atoms in total. The van der Waals surface area contributed by atoms with Gasteiger partial charge in [-0.2, -0.15) is 5.10 Å². The van der Waals surface area contributed by atoms with E-state index in [2.05, 4.69) is 5.10 Å². The lowest BCUT2D eigenvalue weighted by Crippen LogP contribution is -2.08. The molecule has 2 rings (SSSR count). The number of hydrogen-bond donors (Lipinski definition) is 1. The summed E-state index contributed by atoms with van der Waals surface area (Å²) in [4.78, 5) is 10.9. The number of carbonyl (C=O) groups is 1. The Morgan fingerprint density at radius 3 is 2.61 bits per heavy atom. The van der Waals surface area contributed by atoms with Gasteiger partial charge >= 0.3 is 5.97 Å². The fraction of sp³-hybridized carbons (Fsp3) is 0.167. The third kappa shape index (κ3) is 2.09. The van der Waals surface area contributed by atoms with Crippen LogP contribution in [0.4, 0.5) is 8.78 Å². The van der Waals surface area contributed by atoms with Gasteiger partial charge in [-0.05, 0) is 25.1 Å².